The van der Waals surface area contributed by atoms with Gasteiger partial charge in [0.25, 0.3) is 11.8 Å². The van der Waals surface area contributed by atoms with E-state index >= 15 is 0 Å². The SMILES string of the molecule is CCCNC(=O)c1ccc(-c2cc3c(cc2C(=O)Nc2cnc(CN)c(C(F)(F)F)c2)-c2sccc2CCO3)c(C(=O)OC)n1. The molecule has 0 atom stereocenters. The summed E-state index contributed by atoms with van der Waals surface area (Å²) in [7, 11) is 1.15. The molecule has 2 amide bonds. The number of rotatable bonds is 8. The number of nitrogens with zero attached hydrogens (tertiary/aromatic N) is 2. The van der Waals surface area contributed by atoms with Crippen LogP contribution in [0.1, 0.15) is 61.5 Å². The van der Waals surface area contributed by atoms with Gasteiger partial charge in [-0.15, -0.1) is 11.3 Å². The third-order valence-corrected chi connectivity index (χ3v) is 8.03. The maximum atomic E-state index is 13.9. The van der Waals surface area contributed by atoms with Crippen LogP contribution >= 0.6 is 11.3 Å². The Bertz CT molecular complexity index is 1790. The van der Waals surface area contributed by atoms with Gasteiger partial charge in [-0.25, -0.2) is 9.78 Å². The number of hydrogen-bond donors (Lipinski definition) is 3. The fraction of sp³-hybridized carbons (Fsp3) is 0.258. The van der Waals surface area contributed by atoms with Crippen molar-refractivity contribution in [1.82, 2.24) is 15.3 Å². The standard InChI is InChI=1S/C31H28F3N5O5S/c1-3-8-36-29(41)23-5-4-18(26(39-23)30(42)43-2)19-13-25-21(27-16(6-9-44-25)7-10-45-27)12-20(19)28(40)38-17-11-22(31(32,33)34)24(14-35)37-15-17/h4-5,7,10-13,15H,3,6,8-9,14,35H2,1-2H3,(H,36,41)(H,38,40). The van der Waals surface area contributed by atoms with Gasteiger partial charge in [-0.1, -0.05) is 6.92 Å². The predicted molar refractivity (Wildman–Crippen MR) is 161 cm³/mol. The van der Waals surface area contributed by atoms with Crippen molar-refractivity contribution in [1.29, 1.82) is 0 Å². The van der Waals surface area contributed by atoms with Crippen LogP contribution in [-0.2, 0) is 23.9 Å². The van der Waals surface area contributed by atoms with Crippen molar-refractivity contribution in [3.8, 4) is 27.3 Å². The van der Waals surface area contributed by atoms with Crippen molar-refractivity contribution in [2.45, 2.75) is 32.5 Å². The summed E-state index contributed by atoms with van der Waals surface area (Å²) in [4.78, 5) is 48.5. The molecule has 1 aromatic carbocycles. The summed E-state index contributed by atoms with van der Waals surface area (Å²) in [6.45, 7) is 2.18. The third kappa shape index (κ3) is 6.51. The van der Waals surface area contributed by atoms with Crippen molar-refractivity contribution < 1.29 is 37.0 Å². The van der Waals surface area contributed by atoms with Crippen molar-refractivity contribution in [3.05, 3.63) is 81.7 Å². The number of alkyl halides is 3. The van der Waals surface area contributed by atoms with E-state index in [4.69, 9.17) is 15.2 Å². The molecule has 0 saturated heterocycles. The fourth-order valence-corrected chi connectivity index (χ4v) is 5.86. The number of ether oxygens (including phenoxy) is 2. The van der Waals surface area contributed by atoms with E-state index < -0.39 is 36.1 Å². The number of fused-ring (bicyclic) bond motifs is 3. The number of carbonyl (C=O) groups is 3. The van der Waals surface area contributed by atoms with Gasteiger partial charge in [-0.3, -0.25) is 14.6 Å². The molecule has 234 valence electrons. The summed E-state index contributed by atoms with van der Waals surface area (Å²) in [6.07, 6.45) is -2.37. The van der Waals surface area contributed by atoms with Crippen molar-refractivity contribution in [3.63, 3.8) is 0 Å². The van der Waals surface area contributed by atoms with E-state index in [-0.39, 0.29) is 39.5 Å². The van der Waals surface area contributed by atoms with Crippen LogP contribution in [0.15, 0.2) is 48.0 Å². The fourth-order valence-electron chi connectivity index (χ4n) is 4.88. The van der Waals surface area contributed by atoms with Gasteiger partial charge in [-0.05, 0) is 53.8 Å². The Kier molecular flexibility index (Phi) is 9.16. The van der Waals surface area contributed by atoms with Crippen LogP contribution in [0.2, 0.25) is 0 Å². The molecule has 0 radical (unpaired) electrons. The van der Waals surface area contributed by atoms with E-state index in [0.717, 1.165) is 29.8 Å². The minimum atomic E-state index is -4.75. The molecule has 4 aromatic rings. The average Bonchev–Trinajstić information content (AvgIpc) is 3.43. The molecule has 45 heavy (non-hydrogen) atoms. The lowest BCUT2D eigenvalue weighted by Gasteiger charge is -2.18. The number of nitrogens with two attached hydrogens (primary N) is 1. The van der Waals surface area contributed by atoms with Crippen LogP contribution in [0, 0.1) is 0 Å². The molecule has 5 rings (SSSR count). The molecule has 1 aliphatic heterocycles. The number of carbonyl (C=O) groups excluding carboxylic acids is 3. The predicted octanol–water partition coefficient (Wildman–Crippen LogP) is 5.46. The molecule has 4 N–H and O–H groups in total. The average molecular weight is 640 g/mol. The van der Waals surface area contributed by atoms with Crippen LogP contribution in [0.5, 0.6) is 5.75 Å². The number of halogens is 3. The van der Waals surface area contributed by atoms with Gasteiger partial charge in [0.1, 0.15) is 11.4 Å². The lowest BCUT2D eigenvalue weighted by molar-refractivity contribution is -0.138. The largest absolute Gasteiger partial charge is 0.493 e. The number of anilines is 1. The van der Waals surface area contributed by atoms with Gasteiger partial charge in [-0.2, -0.15) is 13.2 Å². The maximum Gasteiger partial charge on any atom is 0.418 e. The highest BCUT2D eigenvalue weighted by Crippen LogP contribution is 2.43. The monoisotopic (exact) mass is 639 g/mol. The van der Waals surface area contributed by atoms with E-state index in [2.05, 4.69) is 20.6 Å². The zero-order valence-corrected chi connectivity index (χ0v) is 25.0. The molecule has 0 spiro atoms. The molecule has 1 aliphatic rings. The third-order valence-electron chi connectivity index (χ3n) is 7.04. The number of hydrogen-bond acceptors (Lipinski definition) is 9. The molecule has 0 aliphatic carbocycles. The summed E-state index contributed by atoms with van der Waals surface area (Å²) in [5, 5.41) is 7.12. The van der Waals surface area contributed by atoms with Gasteiger partial charge in [0.05, 0.1) is 36.9 Å². The van der Waals surface area contributed by atoms with Gasteiger partial charge in [0.2, 0.25) is 0 Å². The summed E-state index contributed by atoms with van der Waals surface area (Å²) in [6, 6.07) is 8.74. The van der Waals surface area contributed by atoms with Crippen molar-refractivity contribution in [2.75, 3.05) is 25.6 Å². The maximum absolute atomic E-state index is 13.9. The number of nitrogens with one attached hydrogen (secondary N) is 2. The summed E-state index contributed by atoms with van der Waals surface area (Å²) >= 11 is 1.45. The quantitative estimate of drug-likeness (QED) is 0.216. The molecule has 3 aromatic heterocycles. The van der Waals surface area contributed by atoms with E-state index in [0.29, 0.717) is 37.3 Å². The first kappa shape index (κ1) is 31.6. The number of thiophene rings is 1. The Hall–Kier alpha value is -4.82. The highest BCUT2D eigenvalue weighted by atomic mass is 32.1. The minimum absolute atomic E-state index is 0.00481. The highest BCUT2D eigenvalue weighted by Gasteiger charge is 2.34. The molecular formula is C31H28F3N5O5S. The lowest BCUT2D eigenvalue weighted by Crippen LogP contribution is -2.26. The van der Waals surface area contributed by atoms with Crippen LogP contribution in [0.4, 0.5) is 18.9 Å². The molecule has 10 nitrogen and oxygen atoms in total. The first-order valence-electron chi connectivity index (χ1n) is 13.9. The summed E-state index contributed by atoms with van der Waals surface area (Å²) in [5.74, 6) is -1.73. The van der Waals surface area contributed by atoms with Gasteiger partial charge in [0, 0.05) is 46.6 Å². The smallest absolute Gasteiger partial charge is 0.418 e. The number of methoxy groups -OCH3 is 1. The molecule has 4 heterocycles. The van der Waals surface area contributed by atoms with E-state index in [1.807, 2.05) is 18.4 Å². The number of pyridine rings is 2. The van der Waals surface area contributed by atoms with Crippen LogP contribution in [-0.4, -0.2) is 48.0 Å². The molecule has 0 fully saturated rings. The second kappa shape index (κ2) is 13.0. The first-order chi connectivity index (χ1) is 21.5. The minimum Gasteiger partial charge on any atom is -0.493 e. The number of benzene rings is 1. The van der Waals surface area contributed by atoms with E-state index in [1.165, 1.54) is 23.5 Å². The Morgan fingerprint density at radius 3 is 2.60 bits per heavy atom. The highest BCUT2D eigenvalue weighted by molar-refractivity contribution is 7.13. The van der Waals surface area contributed by atoms with Gasteiger partial charge in [0.15, 0.2) is 5.69 Å². The second-order valence-corrected chi connectivity index (χ2v) is 10.9. The lowest BCUT2D eigenvalue weighted by atomic mass is 9.93. The van der Waals surface area contributed by atoms with Crippen LogP contribution < -0.4 is 21.1 Å². The summed E-state index contributed by atoms with van der Waals surface area (Å²) < 4.78 is 52.1. The molecule has 0 bridgehead atoms. The van der Waals surface area contributed by atoms with Crippen LogP contribution in [0.3, 0.4) is 0 Å². The Balaban J connectivity index is 1.68. The normalized spacial score (nSPS) is 12.3. The Labute approximate surface area is 259 Å². The van der Waals surface area contributed by atoms with Crippen molar-refractivity contribution >= 4 is 34.8 Å². The van der Waals surface area contributed by atoms with E-state index in [1.54, 1.807) is 12.1 Å². The summed E-state index contributed by atoms with van der Waals surface area (Å²) in [5.41, 5.74) is 5.45. The van der Waals surface area contributed by atoms with Gasteiger partial charge >= 0.3 is 12.1 Å². The number of esters is 1. The zero-order valence-electron chi connectivity index (χ0n) is 24.2. The van der Waals surface area contributed by atoms with Crippen molar-refractivity contribution in [2.24, 2.45) is 5.73 Å². The molecular weight excluding hydrogens is 611 g/mol. The Morgan fingerprint density at radius 2 is 1.89 bits per heavy atom. The molecule has 0 saturated carbocycles. The molecule has 14 heteroatoms. The zero-order chi connectivity index (χ0) is 32.3. The molecule has 0 unspecified atom stereocenters. The van der Waals surface area contributed by atoms with Gasteiger partial charge < -0.3 is 25.8 Å². The first-order valence-corrected chi connectivity index (χ1v) is 14.8. The van der Waals surface area contributed by atoms with Crippen LogP contribution in [0.25, 0.3) is 21.6 Å². The van der Waals surface area contributed by atoms with E-state index in [9.17, 15) is 27.6 Å². The second-order valence-electron chi connectivity index (χ2n) is 9.98. The number of aromatic nitrogens is 2. The topological polar surface area (TPSA) is 146 Å². The number of amides is 2. The Morgan fingerprint density at radius 1 is 1.09 bits per heavy atom.